The van der Waals surface area contributed by atoms with Gasteiger partial charge in [0.1, 0.15) is 12.2 Å². The van der Waals surface area contributed by atoms with Gasteiger partial charge in [-0.2, -0.15) is 16.8 Å². The number of benzene rings is 1. The van der Waals surface area contributed by atoms with Gasteiger partial charge in [-0.3, -0.25) is 8.37 Å². The summed E-state index contributed by atoms with van der Waals surface area (Å²) in [4.78, 5) is 0. The molecule has 1 fully saturated rings. The fraction of sp³-hybridized carbons (Fsp3) is 0.538. The highest BCUT2D eigenvalue weighted by Gasteiger charge is 2.38. The number of ether oxygens (including phenoxy) is 2. The predicted octanol–water partition coefficient (Wildman–Crippen LogP) is 0.422. The molecule has 0 saturated carbocycles. The van der Waals surface area contributed by atoms with Crippen LogP contribution in [0.3, 0.4) is 0 Å². The van der Waals surface area contributed by atoms with Crippen molar-refractivity contribution in [3.63, 3.8) is 0 Å². The SMILES string of the molecule is CS(=O)(=O)OC[C@@H]1OC(c2ccccc2)O[C@H]1COS(C)(=O)=O. The van der Waals surface area contributed by atoms with E-state index in [1.165, 1.54) is 0 Å². The maximum atomic E-state index is 11.1. The zero-order valence-electron chi connectivity index (χ0n) is 12.6. The Hall–Kier alpha value is -1.04. The molecule has 23 heavy (non-hydrogen) atoms. The maximum Gasteiger partial charge on any atom is 0.264 e. The Morgan fingerprint density at radius 1 is 0.870 bits per heavy atom. The summed E-state index contributed by atoms with van der Waals surface area (Å²) in [6.45, 7) is -0.583. The molecular weight excluding hydrogens is 348 g/mol. The second-order valence-corrected chi connectivity index (χ2v) is 8.36. The van der Waals surface area contributed by atoms with Crippen LogP contribution in [0.25, 0.3) is 0 Å². The first-order chi connectivity index (χ1) is 10.6. The van der Waals surface area contributed by atoms with Gasteiger partial charge >= 0.3 is 0 Å². The van der Waals surface area contributed by atoms with Crippen LogP contribution < -0.4 is 0 Å². The minimum absolute atomic E-state index is 0.292. The lowest BCUT2D eigenvalue weighted by Crippen LogP contribution is -2.33. The predicted molar refractivity (Wildman–Crippen MR) is 80.5 cm³/mol. The molecule has 0 spiro atoms. The smallest absolute Gasteiger partial charge is 0.264 e. The van der Waals surface area contributed by atoms with E-state index in [4.69, 9.17) is 17.8 Å². The zero-order valence-corrected chi connectivity index (χ0v) is 14.2. The molecule has 1 saturated heterocycles. The van der Waals surface area contributed by atoms with Crippen LogP contribution in [0.5, 0.6) is 0 Å². The highest BCUT2D eigenvalue weighted by molar-refractivity contribution is 7.86. The van der Waals surface area contributed by atoms with Crippen molar-refractivity contribution in [2.24, 2.45) is 0 Å². The van der Waals surface area contributed by atoms with E-state index in [1.54, 1.807) is 24.3 Å². The van der Waals surface area contributed by atoms with Crippen molar-refractivity contribution in [3.05, 3.63) is 35.9 Å². The molecule has 0 aromatic heterocycles. The monoisotopic (exact) mass is 366 g/mol. The Balaban J connectivity index is 2.08. The summed E-state index contributed by atoms with van der Waals surface area (Å²) in [5.41, 5.74) is 0.721. The molecule has 0 aliphatic carbocycles. The van der Waals surface area contributed by atoms with Gasteiger partial charge < -0.3 is 9.47 Å². The molecule has 130 valence electrons. The maximum absolute atomic E-state index is 11.1. The third-order valence-corrected chi connectivity index (χ3v) is 4.10. The van der Waals surface area contributed by atoms with Gasteiger partial charge in [0.2, 0.25) is 0 Å². The van der Waals surface area contributed by atoms with Crippen molar-refractivity contribution >= 4 is 20.2 Å². The van der Waals surface area contributed by atoms with E-state index < -0.39 is 38.7 Å². The minimum Gasteiger partial charge on any atom is -0.340 e. The standard InChI is InChI=1S/C13H18O8S2/c1-22(14,15)18-8-11-12(9-19-23(2,16)17)21-13(20-11)10-6-4-3-5-7-10/h3-7,11-13H,8-9H2,1-2H3/t11-,12-/m0/s1. The fourth-order valence-electron chi connectivity index (χ4n) is 1.97. The summed E-state index contributed by atoms with van der Waals surface area (Å²) < 4.78 is 65.2. The molecule has 1 heterocycles. The van der Waals surface area contributed by atoms with E-state index in [9.17, 15) is 16.8 Å². The molecule has 0 N–H and O–H groups in total. The van der Waals surface area contributed by atoms with Gasteiger partial charge in [-0.05, 0) is 0 Å². The van der Waals surface area contributed by atoms with Crippen molar-refractivity contribution in [2.75, 3.05) is 25.7 Å². The Morgan fingerprint density at radius 2 is 1.30 bits per heavy atom. The molecule has 0 amide bonds. The van der Waals surface area contributed by atoms with Crippen molar-refractivity contribution in [1.29, 1.82) is 0 Å². The summed E-state index contributed by atoms with van der Waals surface area (Å²) in [6, 6.07) is 8.97. The molecule has 10 heteroatoms. The first-order valence-electron chi connectivity index (χ1n) is 6.69. The summed E-state index contributed by atoms with van der Waals surface area (Å²) >= 11 is 0. The van der Waals surface area contributed by atoms with Crippen molar-refractivity contribution in [1.82, 2.24) is 0 Å². The number of rotatable bonds is 7. The minimum atomic E-state index is -3.66. The van der Waals surface area contributed by atoms with E-state index in [-0.39, 0.29) is 13.2 Å². The average Bonchev–Trinajstić information content (AvgIpc) is 2.86. The van der Waals surface area contributed by atoms with Crippen LogP contribution in [-0.4, -0.2) is 54.8 Å². The second-order valence-electron chi connectivity index (χ2n) is 5.07. The molecule has 1 aliphatic heterocycles. The fourth-order valence-corrected chi connectivity index (χ4v) is 2.73. The first-order valence-corrected chi connectivity index (χ1v) is 10.3. The molecule has 2 rings (SSSR count). The Morgan fingerprint density at radius 3 is 1.70 bits per heavy atom. The normalized spacial score (nSPS) is 23.2. The van der Waals surface area contributed by atoms with Crippen molar-refractivity contribution in [2.45, 2.75) is 18.5 Å². The summed E-state index contributed by atoms with van der Waals surface area (Å²) in [7, 11) is -7.31. The third kappa shape index (κ3) is 6.16. The molecule has 1 aromatic carbocycles. The lowest BCUT2D eigenvalue weighted by Gasteiger charge is -2.15. The molecule has 1 aromatic rings. The summed E-state index contributed by atoms with van der Waals surface area (Å²) in [5, 5.41) is 0. The van der Waals surface area contributed by atoms with Gasteiger partial charge in [-0.25, -0.2) is 0 Å². The van der Waals surface area contributed by atoms with E-state index in [1.807, 2.05) is 6.07 Å². The van der Waals surface area contributed by atoms with Gasteiger partial charge in [0.15, 0.2) is 6.29 Å². The highest BCUT2D eigenvalue weighted by atomic mass is 32.2. The molecular formula is C13H18O8S2. The molecule has 0 bridgehead atoms. The summed E-state index contributed by atoms with van der Waals surface area (Å²) in [5.74, 6) is 0. The molecule has 2 atom stereocenters. The van der Waals surface area contributed by atoms with Gasteiger partial charge in [-0.1, -0.05) is 30.3 Å². The first kappa shape index (κ1) is 18.3. The Bertz CT molecular complexity index is 670. The lowest BCUT2D eigenvalue weighted by atomic mass is 10.2. The highest BCUT2D eigenvalue weighted by Crippen LogP contribution is 2.31. The Kier molecular flexibility index (Phi) is 5.76. The van der Waals surface area contributed by atoms with Crippen LogP contribution in [0.2, 0.25) is 0 Å². The van der Waals surface area contributed by atoms with Crippen LogP contribution >= 0.6 is 0 Å². The largest absolute Gasteiger partial charge is 0.340 e. The summed E-state index contributed by atoms with van der Waals surface area (Å²) in [6.07, 6.45) is -0.482. The molecule has 0 radical (unpaired) electrons. The van der Waals surface area contributed by atoms with Gasteiger partial charge in [-0.15, -0.1) is 0 Å². The van der Waals surface area contributed by atoms with Crippen LogP contribution in [0.15, 0.2) is 30.3 Å². The van der Waals surface area contributed by atoms with Crippen molar-refractivity contribution < 1.29 is 34.7 Å². The van der Waals surface area contributed by atoms with Crippen molar-refractivity contribution in [3.8, 4) is 0 Å². The molecule has 8 nitrogen and oxygen atoms in total. The Labute approximate surface area is 135 Å². The van der Waals surface area contributed by atoms with E-state index >= 15 is 0 Å². The quantitative estimate of drug-likeness (QED) is 0.640. The topological polar surface area (TPSA) is 105 Å². The van der Waals surface area contributed by atoms with E-state index in [0.29, 0.717) is 0 Å². The number of hydrogen-bond donors (Lipinski definition) is 0. The number of hydrogen-bond acceptors (Lipinski definition) is 8. The van der Waals surface area contributed by atoms with Gasteiger partial charge in [0, 0.05) is 5.56 Å². The molecule has 1 aliphatic rings. The van der Waals surface area contributed by atoms with Gasteiger partial charge in [0.05, 0.1) is 25.7 Å². The third-order valence-electron chi connectivity index (χ3n) is 2.98. The van der Waals surface area contributed by atoms with E-state index in [0.717, 1.165) is 18.1 Å². The van der Waals surface area contributed by atoms with Crippen LogP contribution in [0.1, 0.15) is 11.9 Å². The lowest BCUT2D eigenvalue weighted by molar-refractivity contribution is -0.0750. The van der Waals surface area contributed by atoms with Gasteiger partial charge in [0.25, 0.3) is 20.2 Å². The van der Waals surface area contributed by atoms with Crippen LogP contribution in [-0.2, 0) is 38.1 Å². The van der Waals surface area contributed by atoms with Crippen LogP contribution in [0.4, 0.5) is 0 Å². The average molecular weight is 366 g/mol. The van der Waals surface area contributed by atoms with E-state index in [2.05, 4.69) is 0 Å². The zero-order chi connectivity index (χ0) is 17.1. The molecule has 0 unspecified atom stereocenters. The second kappa shape index (κ2) is 7.24. The van der Waals surface area contributed by atoms with Crippen LogP contribution in [0, 0.1) is 0 Å².